The summed E-state index contributed by atoms with van der Waals surface area (Å²) in [6.45, 7) is 8.73. The van der Waals surface area contributed by atoms with Crippen molar-refractivity contribution in [2.75, 3.05) is 22.5 Å². The monoisotopic (exact) mass is 385 g/mol. The Labute approximate surface area is 166 Å². The second kappa shape index (κ2) is 6.55. The van der Waals surface area contributed by atoms with Gasteiger partial charge in [-0.1, -0.05) is 50.6 Å². The van der Waals surface area contributed by atoms with Gasteiger partial charge in [-0.15, -0.1) is 0 Å². The first-order chi connectivity index (χ1) is 12.8. The van der Waals surface area contributed by atoms with Crippen LogP contribution in [0.1, 0.15) is 45.6 Å². The van der Waals surface area contributed by atoms with Gasteiger partial charge in [0.25, 0.3) is 0 Å². The first-order valence-corrected chi connectivity index (χ1v) is 9.99. The van der Waals surface area contributed by atoms with Gasteiger partial charge in [0.2, 0.25) is 0 Å². The molecule has 0 spiro atoms. The number of fused-ring (bicyclic) bond motifs is 2. The summed E-state index contributed by atoms with van der Waals surface area (Å²) in [5.74, 6) is 1.53. The molecule has 1 saturated carbocycles. The fourth-order valence-electron chi connectivity index (χ4n) is 5.28. The van der Waals surface area contributed by atoms with Crippen LogP contribution in [0.2, 0.25) is 5.02 Å². The van der Waals surface area contributed by atoms with Gasteiger partial charge in [0.05, 0.1) is 0 Å². The minimum atomic E-state index is 0.328. The molecule has 0 amide bonds. The highest BCUT2D eigenvalue weighted by atomic mass is 35.5. The highest BCUT2D eigenvalue weighted by Gasteiger charge is 2.50. The minimum absolute atomic E-state index is 0.328. The summed E-state index contributed by atoms with van der Waals surface area (Å²) in [6.07, 6.45) is 5.24. The number of anilines is 3. The van der Waals surface area contributed by atoms with Crippen molar-refractivity contribution in [2.24, 2.45) is 10.8 Å². The Kier molecular flexibility index (Phi) is 4.46. The molecule has 1 aromatic carbocycles. The lowest BCUT2D eigenvalue weighted by molar-refractivity contribution is 0.136. The Morgan fingerprint density at radius 3 is 2.78 bits per heavy atom. The highest BCUT2D eigenvalue weighted by molar-refractivity contribution is 6.31. The molecule has 2 unspecified atom stereocenters. The van der Waals surface area contributed by atoms with Crippen LogP contribution in [-0.2, 0) is 6.54 Å². The van der Waals surface area contributed by atoms with E-state index < -0.39 is 0 Å². The quantitative estimate of drug-likeness (QED) is 0.796. The smallest absolute Gasteiger partial charge is 0.157 e. The van der Waals surface area contributed by atoms with Crippen molar-refractivity contribution >= 4 is 28.9 Å². The van der Waals surface area contributed by atoms with Gasteiger partial charge < -0.3 is 16.0 Å². The second-order valence-electron chi connectivity index (χ2n) is 9.25. The van der Waals surface area contributed by atoms with Crippen LogP contribution < -0.4 is 16.0 Å². The molecule has 1 aliphatic carbocycles. The van der Waals surface area contributed by atoms with Crippen LogP contribution in [0.3, 0.4) is 0 Å². The van der Waals surface area contributed by atoms with Crippen molar-refractivity contribution in [1.29, 1.82) is 0 Å². The SMILES string of the molecule is CC1(C)CC2CC(C)(CN2c2ncnc(NCc3ccccc3Cl)c2N)C1. The molecule has 6 heteroatoms. The van der Waals surface area contributed by atoms with Gasteiger partial charge in [-0.25, -0.2) is 9.97 Å². The van der Waals surface area contributed by atoms with Crippen LogP contribution in [-0.4, -0.2) is 22.6 Å². The molecule has 1 aliphatic heterocycles. The molecule has 1 saturated heterocycles. The predicted octanol–water partition coefficient (Wildman–Crippen LogP) is 4.73. The van der Waals surface area contributed by atoms with Crippen molar-refractivity contribution in [3.63, 3.8) is 0 Å². The molecule has 3 N–H and O–H groups in total. The van der Waals surface area contributed by atoms with E-state index in [2.05, 4.69) is 41.0 Å². The first kappa shape index (κ1) is 18.4. The van der Waals surface area contributed by atoms with Crippen LogP contribution in [0.25, 0.3) is 0 Å². The fourth-order valence-corrected chi connectivity index (χ4v) is 5.49. The number of nitrogens with one attached hydrogen (secondary N) is 1. The topological polar surface area (TPSA) is 67.1 Å². The van der Waals surface area contributed by atoms with Gasteiger partial charge in [0.1, 0.15) is 12.0 Å². The van der Waals surface area contributed by atoms with Crippen LogP contribution >= 0.6 is 11.6 Å². The third kappa shape index (κ3) is 3.57. The van der Waals surface area contributed by atoms with E-state index in [0.717, 1.165) is 22.9 Å². The summed E-state index contributed by atoms with van der Waals surface area (Å²) >= 11 is 6.26. The summed E-state index contributed by atoms with van der Waals surface area (Å²) in [5, 5.41) is 4.07. The number of nitrogens with zero attached hydrogens (tertiary/aromatic N) is 3. The second-order valence-corrected chi connectivity index (χ2v) is 9.65. The van der Waals surface area contributed by atoms with Crippen LogP contribution in [0.15, 0.2) is 30.6 Å². The van der Waals surface area contributed by atoms with Crippen molar-refractivity contribution in [2.45, 2.75) is 52.6 Å². The molecule has 2 aromatic rings. The van der Waals surface area contributed by atoms with E-state index in [4.69, 9.17) is 17.3 Å². The maximum atomic E-state index is 6.50. The minimum Gasteiger partial charge on any atom is -0.393 e. The zero-order chi connectivity index (χ0) is 19.2. The fraction of sp³-hybridized carbons (Fsp3) is 0.524. The average molecular weight is 386 g/mol. The third-order valence-corrected chi connectivity index (χ3v) is 6.32. The first-order valence-electron chi connectivity index (χ1n) is 9.61. The number of benzene rings is 1. The lowest BCUT2D eigenvalue weighted by Gasteiger charge is -2.39. The van der Waals surface area contributed by atoms with E-state index >= 15 is 0 Å². The molecule has 2 aliphatic rings. The normalized spacial score (nSPS) is 26.2. The molecule has 2 heterocycles. The van der Waals surface area contributed by atoms with E-state index in [1.165, 1.54) is 19.3 Å². The summed E-state index contributed by atoms with van der Waals surface area (Å²) in [4.78, 5) is 11.3. The van der Waals surface area contributed by atoms with E-state index in [1.807, 2.05) is 24.3 Å². The third-order valence-electron chi connectivity index (χ3n) is 5.95. The maximum Gasteiger partial charge on any atom is 0.157 e. The molecular formula is C21H28ClN5. The number of rotatable bonds is 4. The number of nitrogens with two attached hydrogens (primary N) is 1. The Hall–Kier alpha value is -2.01. The van der Waals surface area contributed by atoms with E-state index in [-0.39, 0.29) is 0 Å². The maximum absolute atomic E-state index is 6.50. The van der Waals surface area contributed by atoms with Crippen LogP contribution in [0.5, 0.6) is 0 Å². The molecule has 2 atom stereocenters. The molecular weight excluding hydrogens is 358 g/mol. The zero-order valence-corrected chi connectivity index (χ0v) is 17.1. The Morgan fingerprint density at radius 1 is 1.22 bits per heavy atom. The Balaban J connectivity index is 1.57. The summed E-state index contributed by atoms with van der Waals surface area (Å²) < 4.78 is 0. The van der Waals surface area contributed by atoms with Gasteiger partial charge in [0.15, 0.2) is 11.6 Å². The van der Waals surface area contributed by atoms with Gasteiger partial charge in [-0.2, -0.15) is 0 Å². The van der Waals surface area contributed by atoms with E-state index in [9.17, 15) is 0 Å². The summed E-state index contributed by atoms with van der Waals surface area (Å²) in [6, 6.07) is 8.29. The number of aromatic nitrogens is 2. The van der Waals surface area contributed by atoms with Crippen molar-refractivity contribution in [1.82, 2.24) is 9.97 Å². The van der Waals surface area contributed by atoms with Gasteiger partial charge >= 0.3 is 0 Å². The van der Waals surface area contributed by atoms with Crippen LogP contribution in [0, 0.1) is 10.8 Å². The lowest BCUT2D eigenvalue weighted by Crippen LogP contribution is -2.35. The number of hydrogen-bond donors (Lipinski definition) is 2. The standard InChI is InChI=1S/C21H28ClN5/c1-20(2)8-15-9-21(3,11-20)12-27(15)19-17(23)18(25-13-26-19)24-10-14-6-4-5-7-16(14)22/h4-7,13,15H,8-12,23H2,1-3H3,(H,24,25,26). The average Bonchev–Trinajstić information content (AvgIpc) is 2.84. The Bertz CT molecular complexity index is 852. The predicted molar refractivity (Wildman–Crippen MR) is 112 cm³/mol. The van der Waals surface area contributed by atoms with Gasteiger partial charge in [0, 0.05) is 24.2 Å². The molecule has 27 heavy (non-hydrogen) atoms. The molecule has 0 radical (unpaired) electrons. The molecule has 2 bridgehead atoms. The molecule has 144 valence electrons. The van der Waals surface area contributed by atoms with E-state index in [1.54, 1.807) is 6.33 Å². The van der Waals surface area contributed by atoms with Crippen molar-refractivity contribution in [3.8, 4) is 0 Å². The zero-order valence-electron chi connectivity index (χ0n) is 16.3. The van der Waals surface area contributed by atoms with Gasteiger partial charge in [-0.05, 0) is 41.7 Å². The lowest BCUT2D eigenvalue weighted by atomic mass is 9.65. The number of hydrogen-bond acceptors (Lipinski definition) is 5. The van der Waals surface area contributed by atoms with E-state index in [0.29, 0.717) is 34.9 Å². The number of halogens is 1. The Morgan fingerprint density at radius 2 is 2.00 bits per heavy atom. The van der Waals surface area contributed by atoms with Crippen LogP contribution in [0.4, 0.5) is 17.3 Å². The summed E-state index contributed by atoms with van der Waals surface area (Å²) in [7, 11) is 0. The number of nitrogen functional groups attached to an aromatic ring is 1. The van der Waals surface area contributed by atoms with Crippen molar-refractivity contribution < 1.29 is 0 Å². The summed E-state index contributed by atoms with van der Waals surface area (Å²) in [5.41, 5.74) is 8.83. The van der Waals surface area contributed by atoms with Crippen molar-refractivity contribution in [3.05, 3.63) is 41.2 Å². The highest BCUT2D eigenvalue weighted by Crippen LogP contribution is 2.53. The molecule has 4 rings (SSSR count). The molecule has 5 nitrogen and oxygen atoms in total. The largest absolute Gasteiger partial charge is 0.393 e. The molecule has 2 fully saturated rings. The van der Waals surface area contributed by atoms with Gasteiger partial charge in [-0.3, -0.25) is 0 Å². The molecule has 1 aromatic heterocycles.